The van der Waals surface area contributed by atoms with Crippen LogP contribution in [0.3, 0.4) is 0 Å². The van der Waals surface area contributed by atoms with Gasteiger partial charge in [-0.1, -0.05) is 41.9 Å². The largest absolute Gasteiger partial charge is 0.205 e. The van der Waals surface area contributed by atoms with Crippen molar-refractivity contribution in [1.82, 2.24) is 0 Å². The Morgan fingerprint density at radius 1 is 1.15 bits per heavy atom. The van der Waals surface area contributed by atoms with Crippen molar-refractivity contribution in [2.75, 3.05) is 0 Å². The van der Waals surface area contributed by atoms with Crippen molar-refractivity contribution in [2.24, 2.45) is 5.41 Å². The molecule has 2 aromatic carbocycles. The van der Waals surface area contributed by atoms with Gasteiger partial charge in [0, 0.05) is 0 Å². The van der Waals surface area contributed by atoms with Crippen molar-refractivity contribution < 1.29 is 4.39 Å². The molecule has 0 saturated carbocycles. The van der Waals surface area contributed by atoms with E-state index in [-0.39, 0.29) is 5.02 Å². The molecule has 1 aliphatic rings. The molecule has 0 bridgehead atoms. The van der Waals surface area contributed by atoms with Gasteiger partial charge in [0.05, 0.1) is 16.5 Å². The Morgan fingerprint density at radius 3 is 2.35 bits per heavy atom. The number of halogens is 2. The van der Waals surface area contributed by atoms with E-state index in [1.807, 2.05) is 12.1 Å². The van der Waals surface area contributed by atoms with Gasteiger partial charge in [-0.2, -0.15) is 5.26 Å². The average Bonchev–Trinajstić information content (AvgIpc) is 2.81. The molecule has 0 spiro atoms. The number of fused-ring (bicyclic) bond motifs is 1. The number of rotatable bonds is 2. The summed E-state index contributed by atoms with van der Waals surface area (Å²) >= 11 is 5.70. The lowest BCUT2D eigenvalue weighted by Gasteiger charge is -2.20. The van der Waals surface area contributed by atoms with Crippen LogP contribution < -0.4 is 0 Å². The molecule has 20 heavy (non-hydrogen) atoms. The number of benzene rings is 2. The number of hydrogen-bond acceptors (Lipinski definition) is 1. The first-order chi connectivity index (χ1) is 9.62. The van der Waals surface area contributed by atoms with E-state index in [0.717, 1.165) is 18.4 Å². The fourth-order valence-corrected chi connectivity index (χ4v) is 3.10. The minimum absolute atomic E-state index is 0.120. The first kappa shape index (κ1) is 13.1. The van der Waals surface area contributed by atoms with Crippen LogP contribution in [0.15, 0.2) is 42.5 Å². The molecule has 0 aromatic heterocycles. The number of nitrogens with zero attached hydrogens (tertiary/aromatic N) is 1. The van der Waals surface area contributed by atoms with Crippen molar-refractivity contribution in [3.8, 4) is 6.07 Å². The van der Waals surface area contributed by atoms with E-state index in [2.05, 4.69) is 18.2 Å². The summed E-state index contributed by atoms with van der Waals surface area (Å²) in [6.45, 7) is 0. The van der Waals surface area contributed by atoms with Crippen LogP contribution in [-0.4, -0.2) is 0 Å². The molecular weight excluding hydrogens is 273 g/mol. The SMILES string of the molecule is N#CC1(Cc2ccc(Cl)c(F)c2)Cc2ccccc2C1. The van der Waals surface area contributed by atoms with E-state index < -0.39 is 11.2 Å². The molecule has 2 aromatic rings. The monoisotopic (exact) mass is 285 g/mol. The minimum Gasteiger partial charge on any atom is -0.205 e. The quantitative estimate of drug-likeness (QED) is 0.806. The third-order valence-electron chi connectivity index (χ3n) is 3.94. The van der Waals surface area contributed by atoms with Gasteiger partial charge < -0.3 is 0 Å². The van der Waals surface area contributed by atoms with Gasteiger partial charge in [-0.25, -0.2) is 4.39 Å². The lowest BCUT2D eigenvalue weighted by Crippen LogP contribution is -2.22. The van der Waals surface area contributed by atoms with Crippen molar-refractivity contribution in [3.63, 3.8) is 0 Å². The highest BCUT2D eigenvalue weighted by molar-refractivity contribution is 6.30. The van der Waals surface area contributed by atoms with E-state index in [1.54, 1.807) is 12.1 Å². The van der Waals surface area contributed by atoms with Gasteiger partial charge in [-0.3, -0.25) is 0 Å². The zero-order valence-electron chi connectivity index (χ0n) is 10.9. The highest BCUT2D eigenvalue weighted by atomic mass is 35.5. The van der Waals surface area contributed by atoms with Crippen LogP contribution >= 0.6 is 11.6 Å². The first-order valence-corrected chi connectivity index (χ1v) is 6.92. The van der Waals surface area contributed by atoms with E-state index in [4.69, 9.17) is 11.6 Å². The molecule has 3 heteroatoms. The molecule has 0 saturated heterocycles. The van der Waals surface area contributed by atoms with Gasteiger partial charge in [0.1, 0.15) is 5.82 Å². The molecule has 1 aliphatic carbocycles. The molecule has 0 unspecified atom stereocenters. The Balaban J connectivity index is 1.89. The lowest BCUT2D eigenvalue weighted by atomic mass is 9.80. The highest BCUT2D eigenvalue weighted by Gasteiger charge is 2.37. The van der Waals surface area contributed by atoms with E-state index in [9.17, 15) is 9.65 Å². The molecular formula is C17H13ClFN. The first-order valence-electron chi connectivity index (χ1n) is 6.54. The summed E-state index contributed by atoms with van der Waals surface area (Å²) in [5.74, 6) is -0.423. The molecule has 0 fully saturated rings. The molecule has 1 nitrogen and oxygen atoms in total. The van der Waals surface area contributed by atoms with Crippen LogP contribution in [0.4, 0.5) is 4.39 Å². The normalized spacial score (nSPS) is 15.7. The van der Waals surface area contributed by atoms with Crippen LogP contribution in [0.1, 0.15) is 16.7 Å². The molecule has 0 aliphatic heterocycles. The lowest BCUT2D eigenvalue weighted by molar-refractivity contribution is 0.417. The van der Waals surface area contributed by atoms with Crippen molar-refractivity contribution in [1.29, 1.82) is 5.26 Å². The topological polar surface area (TPSA) is 23.8 Å². The van der Waals surface area contributed by atoms with E-state index in [0.29, 0.717) is 6.42 Å². The van der Waals surface area contributed by atoms with Crippen molar-refractivity contribution in [2.45, 2.75) is 19.3 Å². The second-order valence-electron chi connectivity index (χ2n) is 5.44. The van der Waals surface area contributed by atoms with Gasteiger partial charge in [0.2, 0.25) is 0 Å². The van der Waals surface area contributed by atoms with E-state index in [1.165, 1.54) is 17.2 Å². The summed E-state index contributed by atoms with van der Waals surface area (Å²) in [5, 5.41) is 9.72. The Hall–Kier alpha value is -1.85. The summed E-state index contributed by atoms with van der Waals surface area (Å²) in [6, 6.07) is 15.4. The second-order valence-corrected chi connectivity index (χ2v) is 5.85. The summed E-state index contributed by atoms with van der Waals surface area (Å²) in [5.41, 5.74) is 2.80. The van der Waals surface area contributed by atoms with Crippen LogP contribution in [0.2, 0.25) is 5.02 Å². The van der Waals surface area contributed by atoms with Crippen molar-refractivity contribution >= 4 is 11.6 Å². The maximum atomic E-state index is 13.5. The third-order valence-corrected chi connectivity index (χ3v) is 4.25. The Labute approximate surface area is 122 Å². The maximum Gasteiger partial charge on any atom is 0.142 e. The summed E-state index contributed by atoms with van der Waals surface area (Å²) in [6.07, 6.45) is 2.00. The molecule has 3 rings (SSSR count). The second kappa shape index (κ2) is 4.92. The fraction of sp³-hybridized carbons (Fsp3) is 0.235. The average molecular weight is 286 g/mol. The Morgan fingerprint density at radius 2 is 1.80 bits per heavy atom. The Bertz CT molecular complexity index is 677. The van der Waals surface area contributed by atoms with Crippen LogP contribution in [0, 0.1) is 22.6 Å². The minimum atomic E-state index is -0.468. The smallest absolute Gasteiger partial charge is 0.142 e. The van der Waals surface area contributed by atoms with Gasteiger partial charge in [-0.15, -0.1) is 0 Å². The van der Waals surface area contributed by atoms with Gasteiger partial charge in [-0.05, 0) is 48.1 Å². The van der Waals surface area contributed by atoms with Gasteiger partial charge in [0.25, 0.3) is 0 Å². The number of nitriles is 1. The maximum absolute atomic E-state index is 13.5. The highest BCUT2D eigenvalue weighted by Crippen LogP contribution is 2.39. The summed E-state index contributed by atoms with van der Waals surface area (Å²) in [4.78, 5) is 0. The van der Waals surface area contributed by atoms with Crippen LogP contribution in [0.5, 0.6) is 0 Å². The molecule has 0 N–H and O–H groups in total. The zero-order valence-corrected chi connectivity index (χ0v) is 11.6. The predicted octanol–water partition coefficient (Wildman–Crippen LogP) is 4.33. The fourth-order valence-electron chi connectivity index (χ4n) is 2.98. The molecule has 100 valence electrons. The van der Waals surface area contributed by atoms with Crippen molar-refractivity contribution in [3.05, 3.63) is 70.0 Å². The molecule has 0 atom stereocenters. The third kappa shape index (κ3) is 2.30. The van der Waals surface area contributed by atoms with Crippen LogP contribution in [0.25, 0.3) is 0 Å². The summed E-state index contributed by atoms with van der Waals surface area (Å²) < 4.78 is 13.5. The van der Waals surface area contributed by atoms with Crippen LogP contribution in [-0.2, 0) is 19.3 Å². The zero-order chi connectivity index (χ0) is 14.2. The molecule has 0 heterocycles. The van der Waals surface area contributed by atoms with Gasteiger partial charge in [0.15, 0.2) is 0 Å². The number of hydrogen-bond donors (Lipinski definition) is 0. The van der Waals surface area contributed by atoms with Gasteiger partial charge >= 0.3 is 0 Å². The predicted molar refractivity (Wildman–Crippen MR) is 77.0 cm³/mol. The standard InChI is InChI=1S/C17H13ClFN/c18-15-6-5-12(7-16(15)19)8-17(11-20)9-13-3-1-2-4-14(13)10-17/h1-7H,8-10H2. The molecule has 0 radical (unpaired) electrons. The van der Waals surface area contributed by atoms with E-state index >= 15 is 0 Å². The molecule has 0 amide bonds. The summed E-state index contributed by atoms with van der Waals surface area (Å²) in [7, 11) is 0. The Kier molecular flexibility index (Phi) is 3.23.